The molecule has 0 unspecified atom stereocenters. The summed E-state index contributed by atoms with van der Waals surface area (Å²) in [7, 11) is 0. The fourth-order valence-corrected chi connectivity index (χ4v) is 2.16. The van der Waals surface area contributed by atoms with Crippen molar-refractivity contribution in [1.29, 1.82) is 0 Å². The maximum Gasteiger partial charge on any atom is 0.115 e. The van der Waals surface area contributed by atoms with E-state index in [1.54, 1.807) is 6.07 Å². The summed E-state index contributed by atoms with van der Waals surface area (Å²) in [6, 6.07) is 7.74. The molecule has 0 aliphatic heterocycles. The molecule has 0 saturated heterocycles. The summed E-state index contributed by atoms with van der Waals surface area (Å²) < 4.78 is 0. The molecular formula is C11H15NO. The van der Waals surface area contributed by atoms with Crippen molar-refractivity contribution in [2.24, 2.45) is 5.73 Å². The van der Waals surface area contributed by atoms with Crippen LogP contribution >= 0.6 is 0 Å². The number of phenols is 1. The second-order valence-corrected chi connectivity index (χ2v) is 3.80. The molecule has 70 valence electrons. The monoisotopic (exact) mass is 177 g/mol. The molecule has 1 fully saturated rings. The Morgan fingerprint density at radius 1 is 1.31 bits per heavy atom. The summed E-state index contributed by atoms with van der Waals surface area (Å²) in [6.07, 6.45) is 3.48. The van der Waals surface area contributed by atoms with Crippen LogP contribution in [0.5, 0.6) is 5.75 Å². The number of rotatable bonds is 1. The van der Waals surface area contributed by atoms with Crippen LogP contribution in [0, 0.1) is 0 Å². The lowest BCUT2D eigenvalue weighted by Gasteiger charge is -2.15. The predicted molar refractivity (Wildman–Crippen MR) is 52.7 cm³/mol. The van der Waals surface area contributed by atoms with Crippen molar-refractivity contribution in [2.75, 3.05) is 0 Å². The highest BCUT2D eigenvalue weighted by molar-refractivity contribution is 5.31. The van der Waals surface area contributed by atoms with E-state index in [9.17, 15) is 5.11 Å². The van der Waals surface area contributed by atoms with Gasteiger partial charge < -0.3 is 10.8 Å². The van der Waals surface area contributed by atoms with Gasteiger partial charge in [-0.15, -0.1) is 0 Å². The van der Waals surface area contributed by atoms with Crippen LogP contribution in [-0.4, -0.2) is 11.1 Å². The van der Waals surface area contributed by atoms with Gasteiger partial charge in [-0.05, 0) is 36.5 Å². The molecular weight excluding hydrogens is 162 g/mol. The van der Waals surface area contributed by atoms with Crippen LogP contribution in [0.2, 0.25) is 0 Å². The Balaban J connectivity index is 2.24. The second kappa shape index (κ2) is 3.38. The normalized spacial score (nSPS) is 27.8. The van der Waals surface area contributed by atoms with Gasteiger partial charge >= 0.3 is 0 Å². The Bertz CT molecular complexity index is 298. The average Bonchev–Trinajstić information content (AvgIpc) is 2.51. The molecule has 0 heterocycles. The molecule has 1 aromatic rings. The van der Waals surface area contributed by atoms with Crippen LogP contribution in [0.4, 0.5) is 0 Å². The summed E-state index contributed by atoms with van der Waals surface area (Å²) in [5.41, 5.74) is 7.16. The van der Waals surface area contributed by atoms with Gasteiger partial charge in [-0.1, -0.05) is 18.6 Å². The Hall–Kier alpha value is -1.02. The summed E-state index contributed by atoms with van der Waals surface area (Å²) in [5.74, 6) is 0.795. The van der Waals surface area contributed by atoms with Gasteiger partial charge in [0, 0.05) is 6.04 Å². The molecule has 2 nitrogen and oxygen atoms in total. The largest absolute Gasteiger partial charge is 0.508 e. The van der Waals surface area contributed by atoms with Crippen LogP contribution in [0.15, 0.2) is 24.3 Å². The Labute approximate surface area is 78.4 Å². The van der Waals surface area contributed by atoms with Gasteiger partial charge in [0.25, 0.3) is 0 Å². The minimum atomic E-state index is 0.279. The van der Waals surface area contributed by atoms with E-state index in [0.29, 0.717) is 11.7 Å². The standard InChI is InChI=1S/C11H15NO/c12-11-6-2-5-10(11)8-3-1-4-9(13)7-8/h1,3-4,7,10-11,13H,2,5-6,12H2/t10-,11+/m1/s1. The summed E-state index contributed by atoms with van der Waals surface area (Å²) in [5, 5.41) is 9.32. The highest BCUT2D eigenvalue weighted by Crippen LogP contribution is 2.34. The number of aromatic hydroxyl groups is 1. The lowest BCUT2D eigenvalue weighted by molar-refractivity contribution is 0.473. The maximum absolute atomic E-state index is 9.32. The number of phenolic OH excluding ortho intramolecular Hbond substituents is 1. The molecule has 0 radical (unpaired) electrons. The molecule has 3 N–H and O–H groups in total. The molecule has 0 aromatic heterocycles. The third-order valence-corrected chi connectivity index (χ3v) is 2.87. The first-order chi connectivity index (χ1) is 6.27. The van der Waals surface area contributed by atoms with Crippen LogP contribution < -0.4 is 5.73 Å². The number of nitrogens with two attached hydrogens (primary N) is 1. The van der Waals surface area contributed by atoms with E-state index in [1.807, 2.05) is 12.1 Å². The fourth-order valence-electron chi connectivity index (χ4n) is 2.16. The van der Waals surface area contributed by atoms with Crippen LogP contribution in [0.25, 0.3) is 0 Å². The van der Waals surface area contributed by atoms with E-state index in [4.69, 9.17) is 5.73 Å². The van der Waals surface area contributed by atoms with Crippen molar-refractivity contribution in [3.8, 4) is 5.75 Å². The van der Waals surface area contributed by atoms with Crippen molar-refractivity contribution in [1.82, 2.24) is 0 Å². The summed E-state index contributed by atoms with van der Waals surface area (Å²) in [6.45, 7) is 0. The zero-order chi connectivity index (χ0) is 9.26. The van der Waals surface area contributed by atoms with Gasteiger partial charge in [-0.25, -0.2) is 0 Å². The Kier molecular flexibility index (Phi) is 2.23. The number of hydrogen-bond acceptors (Lipinski definition) is 2. The molecule has 2 rings (SSSR count). The lowest BCUT2D eigenvalue weighted by atomic mass is 9.94. The van der Waals surface area contributed by atoms with E-state index < -0.39 is 0 Å². The van der Waals surface area contributed by atoms with Crippen LogP contribution in [0.1, 0.15) is 30.7 Å². The second-order valence-electron chi connectivity index (χ2n) is 3.80. The SMILES string of the molecule is N[C@H]1CCC[C@@H]1c1cccc(O)c1. The summed E-state index contributed by atoms with van der Waals surface area (Å²) in [4.78, 5) is 0. The van der Waals surface area contributed by atoms with Gasteiger partial charge in [0.15, 0.2) is 0 Å². The topological polar surface area (TPSA) is 46.2 Å². The molecule has 1 saturated carbocycles. The van der Waals surface area contributed by atoms with Crippen molar-refractivity contribution < 1.29 is 5.11 Å². The molecule has 2 atom stereocenters. The Morgan fingerprint density at radius 3 is 2.77 bits per heavy atom. The number of hydrogen-bond donors (Lipinski definition) is 2. The molecule has 0 spiro atoms. The molecule has 0 amide bonds. The first kappa shape index (κ1) is 8.57. The quantitative estimate of drug-likeness (QED) is 0.689. The third kappa shape index (κ3) is 1.68. The van der Waals surface area contributed by atoms with E-state index >= 15 is 0 Å². The first-order valence-corrected chi connectivity index (χ1v) is 4.82. The molecule has 1 aliphatic carbocycles. The predicted octanol–water partition coefficient (Wildman–Crippen LogP) is 1.99. The lowest BCUT2D eigenvalue weighted by Crippen LogP contribution is -2.22. The molecule has 1 aliphatic rings. The minimum Gasteiger partial charge on any atom is -0.508 e. The van der Waals surface area contributed by atoms with Gasteiger partial charge in [0.2, 0.25) is 0 Å². The highest BCUT2D eigenvalue weighted by Gasteiger charge is 2.25. The van der Waals surface area contributed by atoms with Crippen molar-refractivity contribution in [3.05, 3.63) is 29.8 Å². The van der Waals surface area contributed by atoms with Crippen molar-refractivity contribution >= 4 is 0 Å². The average molecular weight is 177 g/mol. The van der Waals surface area contributed by atoms with E-state index in [1.165, 1.54) is 12.0 Å². The van der Waals surface area contributed by atoms with Crippen LogP contribution in [0.3, 0.4) is 0 Å². The van der Waals surface area contributed by atoms with Gasteiger partial charge in [0.1, 0.15) is 5.75 Å². The third-order valence-electron chi connectivity index (χ3n) is 2.87. The molecule has 2 heteroatoms. The van der Waals surface area contributed by atoms with Gasteiger partial charge in [-0.2, -0.15) is 0 Å². The zero-order valence-corrected chi connectivity index (χ0v) is 7.61. The highest BCUT2D eigenvalue weighted by atomic mass is 16.3. The van der Waals surface area contributed by atoms with E-state index in [0.717, 1.165) is 12.8 Å². The van der Waals surface area contributed by atoms with Crippen molar-refractivity contribution in [3.63, 3.8) is 0 Å². The maximum atomic E-state index is 9.32. The van der Waals surface area contributed by atoms with E-state index in [2.05, 4.69) is 6.07 Å². The molecule has 0 bridgehead atoms. The number of benzene rings is 1. The van der Waals surface area contributed by atoms with Crippen molar-refractivity contribution in [2.45, 2.75) is 31.2 Å². The zero-order valence-electron chi connectivity index (χ0n) is 7.61. The minimum absolute atomic E-state index is 0.279. The summed E-state index contributed by atoms with van der Waals surface area (Å²) >= 11 is 0. The van der Waals surface area contributed by atoms with Gasteiger partial charge in [-0.3, -0.25) is 0 Å². The van der Waals surface area contributed by atoms with E-state index in [-0.39, 0.29) is 6.04 Å². The van der Waals surface area contributed by atoms with Gasteiger partial charge in [0.05, 0.1) is 0 Å². The molecule has 13 heavy (non-hydrogen) atoms. The molecule has 1 aromatic carbocycles. The fraction of sp³-hybridized carbons (Fsp3) is 0.455. The Morgan fingerprint density at radius 2 is 2.15 bits per heavy atom. The smallest absolute Gasteiger partial charge is 0.115 e. The first-order valence-electron chi connectivity index (χ1n) is 4.82. The van der Waals surface area contributed by atoms with Crippen LogP contribution in [-0.2, 0) is 0 Å².